The predicted octanol–water partition coefficient (Wildman–Crippen LogP) is 4.13. The van der Waals surface area contributed by atoms with Crippen LogP contribution in [0.1, 0.15) is 18.4 Å². The molecule has 0 unspecified atom stereocenters. The molecule has 0 radical (unpaired) electrons. The van der Waals surface area contributed by atoms with E-state index in [1.54, 1.807) is 12.3 Å². The maximum Gasteiger partial charge on any atom is 0.244 e. The number of benzene rings is 1. The molecule has 1 saturated heterocycles. The van der Waals surface area contributed by atoms with Crippen LogP contribution in [-0.4, -0.2) is 33.8 Å². The molecule has 6 heteroatoms. The molecule has 0 spiro atoms. The first-order valence-corrected chi connectivity index (χ1v) is 11.2. The lowest BCUT2D eigenvalue weighted by atomic mass is 10.1. The minimum absolute atomic E-state index is 0.0859. The molecule has 0 atom stereocenters. The zero-order valence-corrected chi connectivity index (χ0v) is 15.0. The van der Waals surface area contributed by atoms with E-state index in [-0.39, 0.29) is 11.9 Å². The average Bonchev–Trinajstić information content (AvgIpc) is 2.47. The van der Waals surface area contributed by atoms with Crippen molar-refractivity contribution in [3.05, 3.63) is 42.0 Å². The molecule has 0 aromatic heterocycles. The first-order chi connectivity index (χ1) is 10.8. The largest absolute Gasteiger partial charge is 0.532 e. The van der Waals surface area contributed by atoms with Gasteiger partial charge in [0.05, 0.1) is 13.2 Å². The van der Waals surface area contributed by atoms with E-state index in [0.717, 1.165) is 12.8 Å². The fourth-order valence-corrected chi connectivity index (χ4v) is 2.98. The summed E-state index contributed by atoms with van der Waals surface area (Å²) in [4.78, 5) is 4.20. The van der Waals surface area contributed by atoms with Gasteiger partial charge < -0.3 is 13.9 Å². The number of nitrogens with zero attached hydrogens (tertiary/aromatic N) is 1. The Balaban J connectivity index is 2.10. The van der Waals surface area contributed by atoms with Crippen molar-refractivity contribution < 1.29 is 18.3 Å². The van der Waals surface area contributed by atoms with E-state index in [4.69, 9.17) is 13.9 Å². The fourth-order valence-electron chi connectivity index (χ4n) is 2.22. The molecule has 1 heterocycles. The molecule has 4 nitrogen and oxygen atoms in total. The van der Waals surface area contributed by atoms with Gasteiger partial charge in [0.15, 0.2) is 5.88 Å². The van der Waals surface area contributed by atoms with E-state index in [1.807, 2.05) is 0 Å². The highest BCUT2D eigenvalue weighted by atomic mass is 28.4. The first-order valence-electron chi connectivity index (χ1n) is 7.79. The molecule has 0 amide bonds. The van der Waals surface area contributed by atoms with Crippen LogP contribution in [0.5, 0.6) is 5.75 Å². The van der Waals surface area contributed by atoms with Crippen molar-refractivity contribution in [2.24, 2.45) is 4.99 Å². The number of ether oxygens (including phenoxy) is 2. The van der Waals surface area contributed by atoms with E-state index in [0.29, 0.717) is 30.4 Å². The second-order valence-electron chi connectivity index (χ2n) is 6.48. The first kappa shape index (κ1) is 17.7. The van der Waals surface area contributed by atoms with Gasteiger partial charge in [0, 0.05) is 24.6 Å². The molecule has 0 saturated carbocycles. The third kappa shape index (κ3) is 6.15. The Bertz CT molecular complexity index is 578. The van der Waals surface area contributed by atoms with Crippen LogP contribution >= 0.6 is 0 Å². The highest BCUT2D eigenvalue weighted by Gasteiger charge is 2.18. The predicted molar refractivity (Wildman–Crippen MR) is 92.0 cm³/mol. The normalized spacial score (nSPS) is 16.5. The second kappa shape index (κ2) is 7.74. The van der Waals surface area contributed by atoms with Crippen LogP contribution in [0.15, 0.2) is 35.7 Å². The molecule has 23 heavy (non-hydrogen) atoms. The van der Waals surface area contributed by atoms with E-state index >= 15 is 0 Å². The number of rotatable bonds is 6. The van der Waals surface area contributed by atoms with Gasteiger partial charge in [0.2, 0.25) is 8.32 Å². The topological polar surface area (TPSA) is 40.0 Å². The summed E-state index contributed by atoms with van der Waals surface area (Å²) in [7, 11) is -1.75. The molecule has 0 aliphatic carbocycles. The fraction of sp³-hybridized carbons (Fsp3) is 0.471. The minimum Gasteiger partial charge on any atom is -0.532 e. The Morgan fingerprint density at radius 2 is 2.04 bits per heavy atom. The van der Waals surface area contributed by atoms with Gasteiger partial charge >= 0.3 is 0 Å². The maximum absolute atomic E-state index is 13.5. The lowest BCUT2D eigenvalue weighted by Crippen LogP contribution is -2.26. The van der Waals surface area contributed by atoms with Crippen LogP contribution in [0, 0.1) is 5.82 Å². The molecule has 1 fully saturated rings. The Morgan fingerprint density at radius 3 is 2.70 bits per heavy atom. The standard InChI is InChI=1S/C17H24FNO3Si/c1-13(22-23(2,3)4)19-12-14-11-15(18)5-6-17(14)21-16-7-9-20-10-8-16/h5-6,11-12,16H,1,7-10H2,2-4H3. The van der Waals surface area contributed by atoms with Crippen LogP contribution < -0.4 is 4.74 Å². The molecule has 1 aliphatic rings. The third-order valence-electron chi connectivity index (χ3n) is 3.21. The van der Waals surface area contributed by atoms with Crippen molar-refractivity contribution in [1.82, 2.24) is 0 Å². The zero-order valence-electron chi connectivity index (χ0n) is 14.0. The van der Waals surface area contributed by atoms with E-state index in [1.165, 1.54) is 12.1 Å². The number of aliphatic imine (C=N–C) groups is 1. The van der Waals surface area contributed by atoms with Gasteiger partial charge in [-0.25, -0.2) is 9.38 Å². The van der Waals surface area contributed by atoms with Crippen LogP contribution in [0.2, 0.25) is 19.6 Å². The van der Waals surface area contributed by atoms with Crippen LogP contribution in [-0.2, 0) is 9.16 Å². The molecular weight excluding hydrogens is 313 g/mol. The van der Waals surface area contributed by atoms with Gasteiger partial charge in [-0.05, 0) is 44.4 Å². The van der Waals surface area contributed by atoms with Gasteiger partial charge in [-0.2, -0.15) is 0 Å². The Kier molecular flexibility index (Phi) is 5.95. The van der Waals surface area contributed by atoms with Crippen LogP contribution in [0.3, 0.4) is 0 Å². The minimum atomic E-state index is -1.75. The summed E-state index contributed by atoms with van der Waals surface area (Å²) in [6.07, 6.45) is 3.29. The maximum atomic E-state index is 13.5. The molecule has 0 N–H and O–H groups in total. The Labute approximate surface area is 138 Å². The Hall–Kier alpha value is -1.66. The van der Waals surface area contributed by atoms with Crippen LogP contribution in [0.25, 0.3) is 0 Å². The highest BCUT2D eigenvalue weighted by molar-refractivity contribution is 6.70. The van der Waals surface area contributed by atoms with Crippen molar-refractivity contribution in [2.45, 2.75) is 38.6 Å². The Morgan fingerprint density at radius 1 is 1.35 bits per heavy atom. The summed E-state index contributed by atoms with van der Waals surface area (Å²) in [5, 5.41) is 0. The zero-order chi connectivity index (χ0) is 16.9. The quantitative estimate of drug-likeness (QED) is 0.445. The molecule has 1 aliphatic heterocycles. The number of hydrogen-bond donors (Lipinski definition) is 0. The highest BCUT2D eigenvalue weighted by Crippen LogP contribution is 2.23. The van der Waals surface area contributed by atoms with Gasteiger partial charge in [-0.1, -0.05) is 0 Å². The third-order valence-corrected chi connectivity index (χ3v) is 4.05. The van der Waals surface area contributed by atoms with E-state index < -0.39 is 8.32 Å². The van der Waals surface area contributed by atoms with E-state index in [9.17, 15) is 4.39 Å². The summed E-state index contributed by atoms with van der Waals surface area (Å²) in [5.41, 5.74) is 0.580. The second-order valence-corrected chi connectivity index (χ2v) is 10.9. The van der Waals surface area contributed by atoms with Crippen molar-refractivity contribution in [3.8, 4) is 5.75 Å². The monoisotopic (exact) mass is 337 g/mol. The van der Waals surface area contributed by atoms with Gasteiger partial charge in [-0.3, -0.25) is 0 Å². The van der Waals surface area contributed by atoms with E-state index in [2.05, 4.69) is 31.2 Å². The molecule has 126 valence electrons. The van der Waals surface area contributed by atoms with Gasteiger partial charge in [0.25, 0.3) is 0 Å². The molecule has 1 aromatic carbocycles. The summed E-state index contributed by atoms with van der Waals surface area (Å²) in [6, 6.07) is 4.42. The van der Waals surface area contributed by atoms with Crippen LogP contribution in [0.4, 0.5) is 4.39 Å². The lowest BCUT2D eigenvalue weighted by molar-refractivity contribution is 0.0255. The molecular formula is C17H24FNO3Si. The van der Waals surface area contributed by atoms with Crippen molar-refractivity contribution in [2.75, 3.05) is 13.2 Å². The lowest BCUT2D eigenvalue weighted by Gasteiger charge is -2.24. The smallest absolute Gasteiger partial charge is 0.244 e. The summed E-state index contributed by atoms with van der Waals surface area (Å²) >= 11 is 0. The van der Waals surface area contributed by atoms with Gasteiger partial charge in [0.1, 0.15) is 17.7 Å². The average molecular weight is 337 g/mol. The molecule has 0 bridgehead atoms. The summed E-state index contributed by atoms with van der Waals surface area (Å²) in [6.45, 7) is 11.3. The molecule has 1 aromatic rings. The summed E-state index contributed by atoms with van der Waals surface area (Å²) in [5.74, 6) is 0.621. The molecule has 2 rings (SSSR count). The SMILES string of the molecule is C=C(N=Cc1cc(F)ccc1OC1CCOCC1)O[Si](C)(C)C. The van der Waals surface area contributed by atoms with Crippen molar-refractivity contribution in [3.63, 3.8) is 0 Å². The number of hydrogen-bond acceptors (Lipinski definition) is 4. The summed E-state index contributed by atoms with van der Waals surface area (Å²) < 4.78 is 30.5. The van der Waals surface area contributed by atoms with Crippen molar-refractivity contribution >= 4 is 14.5 Å². The van der Waals surface area contributed by atoms with Crippen molar-refractivity contribution in [1.29, 1.82) is 0 Å². The number of halogens is 1. The van der Waals surface area contributed by atoms with Gasteiger partial charge in [-0.15, -0.1) is 0 Å².